The topological polar surface area (TPSA) is 32.3 Å². The lowest BCUT2D eigenvalue weighted by Gasteiger charge is -2.48. The lowest BCUT2D eigenvalue weighted by atomic mass is 9.85. The molecule has 130 valence electrons. The molecule has 0 bridgehead atoms. The summed E-state index contributed by atoms with van der Waals surface area (Å²) in [5.74, 6) is 1.04. The van der Waals surface area contributed by atoms with Crippen LogP contribution in [0, 0.1) is 0 Å². The van der Waals surface area contributed by atoms with E-state index in [1.807, 2.05) is 19.9 Å². The second kappa shape index (κ2) is 7.25. The number of rotatable bonds is 3. The minimum absolute atomic E-state index is 0.0333. The Morgan fingerprint density at radius 2 is 2.04 bits per heavy atom. The van der Waals surface area contributed by atoms with Crippen LogP contribution in [0.25, 0.3) is 0 Å². The maximum atomic E-state index is 12.3. The first kappa shape index (κ1) is 18.3. The Bertz CT molecular complexity index is 659. The third-order valence-corrected chi connectivity index (χ3v) is 5.10. The number of ketones is 1. The largest absolute Gasteiger partial charge is 0.364 e. The Kier molecular flexibility index (Phi) is 5.53. The Hall–Kier alpha value is -2.03. The van der Waals surface area contributed by atoms with Crippen LogP contribution in [0.3, 0.4) is 0 Å². The summed E-state index contributed by atoms with van der Waals surface area (Å²) < 4.78 is 0. The van der Waals surface area contributed by atoms with Gasteiger partial charge in [-0.1, -0.05) is 36.5 Å². The van der Waals surface area contributed by atoms with Crippen molar-refractivity contribution in [2.24, 2.45) is 0 Å². The van der Waals surface area contributed by atoms with Gasteiger partial charge in [-0.3, -0.25) is 4.79 Å². The summed E-state index contributed by atoms with van der Waals surface area (Å²) in [6, 6.07) is 0.210. The first-order chi connectivity index (χ1) is 11.3. The lowest BCUT2D eigenvalue weighted by molar-refractivity contribution is -0.113. The normalized spacial score (nSPS) is 25.8. The minimum atomic E-state index is -0.0333. The number of allylic oxidation sites excluding steroid dienone is 7. The highest BCUT2D eigenvalue weighted by Crippen LogP contribution is 2.34. The molecule has 2 rings (SSSR count). The number of carbonyl (C=O) groups excluding carboxylic acids is 1. The molecular weight excluding hydrogens is 296 g/mol. The predicted octanol–water partition coefficient (Wildman–Crippen LogP) is 4.27. The molecule has 2 aliphatic rings. The number of nitrogens with zero attached hydrogens (tertiary/aromatic N) is 1. The van der Waals surface area contributed by atoms with Crippen molar-refractivity contribution in [3.8, 4) is 0 Å². The van der Waals surface area contributed by atoms with E-state index in [0.29, 0.717) is 0 Å². The van der Waals surface area contributed by atoms with Crippen LogP contribution in [0.1, 0.15) is 47.5 Å². The van der Waals surface area contributed by atoms with Gasteiger partial charge in [0, 0.05) is 12.6 Å². The Labute approximate surface area is 146 Å². The molecule has 0 spiro atoms. The molecule has 1 atom stereocenters. The molecule has 1 fully saturated rings. The van der Waals surface area contributed by atoms with Crippen molar-refractivity contribution < 1.29 is 4.79 Å². The summed E-state index contributed by atoms with van der Waals surface area (Å²) in [5, 5.41) is 3.65. The van der Waals surface area contributed by atoms with E-state index in [9.17, 15) is 4.79 Å². The van der Waals surface area contributed by atoms with Gasteiger partial charge in [0.25, 0.3) is 0 Å². The maximum absolute atomic E-state index is 12.3. The van der Waals surface area contributed by atoms with E-state index in [0.717, 1.165) is 29.8 Å². The molecule has 1 N–H and O–H groups in total. The predicted molar refractivity (Wildman–Crippen MR) is 102 cm³/mol. The van der Waals surface area contributed by atoms with Crippen molar-refractivity contribution in [1.29, 1.82) is 0 Å². The summed E-state index contributed by atoms with van der Waals surface area (Å²) >= 11 is 0. The fourth-order valence-corrected chi connectivity index (χ4v) is 3.32. The second-order valence-corrected chi connectivity index (χ2v) is 7.25. The third kappa shape index (κ3) is 3.72. The summed E-state index contributed by atoms with van der Waals surface area (Å²) in [6.45, 7) is 10.1. The van der Waals surface area contributed by atoms with Gasteiger partial charge in [-0.25, -0.2) is 0 Å². The van der Waals surface area contributed by atoms with Crippen LogP contribution in [0.4, 0.5) is 0 Å². The monoisotopic (exact) mass is 326 g/mol. The number of hydrogen-bond donors (Lipinski definition) is 1. The number of hydrogen-bond acceptors (Lipinski definition) is 3. The minimum Gasteiger partial charge on any atom is -0.364 e. The van der Waals surface area contributed by atoms with E-state index in [4.69, 9.17) is 0 Å². The number of Topliss-reactive ketones (excluding diaryl/α,β-unsaturated/α-hetero) is 1. The average Bonchev–Trinajstić information content (AvgIpc) is 2.80. The average molecular weight is 326 g/mol. The zero-order valence-corrected chi connectivity index (χ0v) is 15.8. The first-order valence-electron chi connectivity index (χ1n) is 8.70. The van der Waals surface area contributed by atoms with Crippen LogP contribution in [0.5, 0.6) is 0 Å². The molecule has 3 heteroatoms. The van der Waals surface area contributed by atoms with E-state index < -0.39 is 0 Å². The van der Waals surface area contributed by atoms with Crippen LogP contribution in [-0.4, -0.2) is 29.3 Å². The van der Waals surface area contributed by atoms with Crippen molar-refractivity contribution in [3.05, 3.63) is 59.0 Å². The second-order valence-electron chi connectivity index (χ2n) is 7.25. The summed E-state index contributed by atoms with van der Waals surface area (Å²) in [6.07, 6.45) is 14.7. The highest BCUT2D eigenvalue weighted by Gasteiger charge is 2.37. The van der Waals surface area contributed by atoms with Crippen molar-refractivity contribution in [1.82, 2.24) is 10.2 Å². The molecule has 0 radical (unpaired) electrons. The SMILES string of the molecule is C/C=C(C)/C(C(C)=O)=C1/N[C@@H](C2=CCC=CC=C2)CC(C)(C)N1C. The van der Waals surface area contributed by atoms with Gasteiger partial charge in [0.15, 0.2) is 5.78 Å². The summed E-state index contributed by atoms with van der Waals surface area (Å²) in [5.41, 5.74) is 3.06. The fourth-order valence-electron chi connectivity index (χ4n) is 3.32. The van der Waals surface area contributed by atoms with Gasteiger partial charge in [0.2, 0.25) is 0 Å². The van der Waals surface area contributed by atoms with E-state index in [1.165, 1.54) is 5.57 Å². The molecule has 1 saturated heterocycles. The summed E-state index contributed by atoms with van der Waals surface area (Å²) in [4.78, 5) is 14.5. The van der Waals surface area contributed by atoms with Gasteiger partial charge in [0.05, 0.1) is 11.6 Å². The quantitative estimate of drug-likeness (QED) is 0.786. The number of carbonyl (C=O) groups is 1. The molecule has 24 heavy (non-hydrogen) atoms. The lowest BCUT2D eigenvalue weighted by Crippen LogP contribution is -2.56. The molecule has 1 aliphatic carbocycles. The van der Waals surface area contributed by atoms with Gasteiger partial charge in [-0.15, -0.1) is 0 Å². The van der Waals surface area contributed by atoms with Gasteiger partial charge in [-0.05, 0) is 58.6 Å². The zero-order valence-electron chi connectivity index (χ0n) is 15.8. The molecule has 0 amide bonds. The van der Waals surface area contributed by atoms with Crippen LogP contribution < -0.4 is 5.32 Å². The van der Waals surface area contributed by atoms with Crippen molar-refractivity contribution in [2.75, 3.05) is 7.05 Å². The summed E-state index contributed by atoms with van der Waals surface area (Å²) in [7, 11) is 2.07. The van der Waals surface area contributed by atoms with Crippen LogP contribution in [0.15, 0.2) is 59.0 Å². The third-order valence-electron chi connectivity index (χ3n) is 5.10. The Balaban J connectivity index is 2.51. The van der Waals surface area contributed by atoms with E-state index in [-0.39, 0.29) is 17.4 Å². The molecule has 3 nitrogen and oxygen atoms in total. The van der Waals surface area contributed by atoms with Crippen molar-refractivity contribution in [3.63, 3.8) is 0 Å². The zero-order chi connectivity index (χ0) is 17.9. The Morgan fingerprint density at radius 1 is 1.33 bits per heavy atom. The van der Waals surface area contributed by atoms with Gasteiger partial charge >= 0.3 is 0 Å². The smallest absolute Gasteiger partial charge is 0.163 e. The standard InChI is InChI=1S/C21H30N2O/c1-7-15(2)19(16(3)24)20-22-18(14-21(4,5)23(20)6)17-12-10-8-9-11-13-17/h7-10,12-13,18,22H,11,14H2,1-6H3/b15-7+,20-19+/t18-/m1/s1. The molecule has 1 heterocycles. The van der Waals surface area contributed by atoms with E-state index in [2.05, 4.69) is 61.5 Å². The van der Waals surface area contributed by atoms with Gasteiger partial charge in [-0.2, -0.15) is 0 Å². The van der Waals surface area contributed by atoms with E-state index >= 15 is 0 Å². The molecular formula is C21H30N2O. The fraction of sp³-hybridized carbons (Fsp3) is 0.476. The van der Waals surface area contributed by atoms with E-state index in [1.54, 1.807) is 6.92 Å². The molecule has 1 aliphatic heterocycles. The van der Waals surface area contributed by atoms with Gasteiger partial charge in [0.1, 0.15) is 5.82 Å². The maximum Gasteiger partial charge on any atom is 0.163 e. The van der Waals surface area contributed by atoms with Gasteiger partial charge < -0.3 is 10.2 Å². The number of nitrogens with one attached hydrogen (secondary N) is 1. The molecule has 0 aromatic heterocycles. The highest BCUT2D eigenvalue weighted by atomic mass is 16.1. The molecule has 0 aromatic rings. The van der Waals surface area contributed by atoms with Crippen molar-refractivity contribution >= 4 is 5.78 Å². The molecule has 0 saturated carbocycles. The first-order valence-corrected chi connectivity index (χ1v) is 8.70. The Morgan fingerprint density at radius 3 is 2.67 bits per heavy atom. The van der Waals surface area contributed by atoms with Crippen molar-refractivity contribution in [2.45, 2.75) is 59.0 Å². The van der Waals surface area contributed by atoms with Crippen LogP contribution in [-0.2, 0) is 4.79 Å². The molecule has 0 aromatic carbocycles. The molecule has 0 unspecified atom stereocenters. The van der Waals surface area contributed by atoms with Crippen LogP contribution in [0.2, 0.25) is 0 Å². The highest BCUT2D eigenvalue weighted by molar-refractivity contribution is 5.98. The van der Waals surface area contributed by atoms with Crippen LogP contribution >= 0.6 is 0 Å².